The molecule has 0 aliphatic carbocycles. The Morgan fingerprint density at radius 1 is 1.00 bits per heavy atom. The fourth-order valence-electron chi connectivity index (χ4n) is 3.27. The van der Waals surface area contributed by atoms with E-state index in [1.807, 2.05) is 34.9 Å². The van der Waals surface area contributed by atoms with Gasteiger partial charge in [-0.2, -0.15) is 18.4 Å². The molecule has 0 atom stereocenters. The van der Waals surface area contributed by atoms with Crippen molar-refractivity contribution < 1.29 is 13.2 Å². The molecule has 1 aliphatic rings. The SMILES string of the molecule is N#Cc1ccc(N2CCn3c(nnc3-c3ccccc3)C2)c(C(F)(F)F)c1. The summed E-state index contributed by atoms with van der Waals surface area (Å²) in [5.41, 5.74) is 0.145. The zero-order chi connectivity index (χ0) is 19.0. The van der Waals surface area contributed by atoms with E-state index in [2.05, 4.69) is 10.2 Å². The maximum Gasteiger partial charge on any atom is 0.418 e. The summed E-state index contributed by atoms with van der Waals surface area (Å²) in [4.78, 5) is 1.63. The molecule has 8 heteroatoms. The molecule has 5 nitrogen and oxygen atoms in total. The van der Waals surface area contributed by atoms with Crippen molar-refractivity contribution in [2.75, 3.05) is 11.4 Å². The fraction of sp³-hybridized carbons (Fsp3) is 0.211. The van der Waals surface area contributed by atoms with Crippen molar-refractivity contribution in [2.24, 2.45) is 0 Å². The van der Waals surface area contributed by atoms with Gasteiger partial charge in [-0.05, 0) is 18.2 Å². The summed E-state index contributed by atoms with van der Waals surface area (Å²) in [6.45, 7) is 1.08. The minimum Gasteiger partial charge on any atom is -0.362 e. The predicted molar refractivity (Wildman–Crippen MR) is 92.7 cm³/mol. The number of alkyl halides is 3. The molecule has 0 fully saturated rings. The van der Waals surface area contributed by atoms with Crippen LogP contribution in [0.4, 0.5) is 18.9 Å². The van der Waals surface area contributed by atoms with E-state index >= 15 is 0 Å². The molecule has 2 aromatic carbocycles. The van der Waals surface area contributed by atoms with E-state index in [4.69, 9.17) is 5.26 Å². The quantitative estimate of drug-likeness (QED) is 0.688. The highest BCUT2D eigenvalue weighted by Gasteiger charge is 2.36. The van der Waals surface area contributed by atoms with Crippen LogP contribution in [-0.4, -0.2) is 21.3 Å². The Bertz CT molecular complexity index is 1020. The zero-order valence-corrected chi connectivity index (χ0v) is 14.1. The van der Waals surface area contributed by atoms with Crippen LogP contribution in [0.2, 0.25) is 0 Å². The first-order valence-corrected chi connectivity index (χ1v) is 8.31. The van der Waals surface area contributed by atoms with Gasteiger partial charge in [-0.15, -0.1) is 10.2 Å². The van der Waals surface area contributed by atoms with Crippen molar-refractivity contribution in [3.8, 4) is 17.5 Å². The molecule has 0 amide bonds. The lowest BCUT2D eigenvalue weighted by Crippen LogP contribution is -2.35. The molecule has 4 rings (SSSR count). The molecule has 136 valence electrons. The summed E-state index contributed by atoms with van der Waals surface area (Å²) < 4.78 is 42.3. The minimum absolute atomic E-state index is 0.0161. The maximum absolute atomic E-state index is 13.5. The van der Waals surface area contributed by atoms with Gasteiger partial charge in [0, 0.05) is 24.3 Å². The molecule has 2 heterocycles. The first-order valence-electron chi connectivity index (χ1n) is 8.31. The molecular weight excluding hydrogens is 355 g/mol. The topological polar surface area (TPSA) is 57.7 Å². The average Bonchev–Trinajstić information content (AvgIpc) is 3.10. The summed E-state index contributed by atoms with van der Waals surface area (Å²) in [5.74, 6) is 1.32. The Morgan fingerprint density at radius 2 is 1.78 bits per heavy atom. The number of halogens is 3. The first kappa shape index (κ1) is 17.1. The van der Waals surface area contributed by atoms with E-state index in [0.717, 1.165) is 11.6 Å². The van der Waals surface area contributed by atoms with Crippen molar-refractivity contribution in [1.82, 2.24) is 14.8 Å². The van der Waals surface area contributed by atoms with E-state index in [9.17, 15) is 13.2 Å². The number of benzene rings is 2. The number of aromatic nitrogens is 3. The predicted octanol–water partition coefficient (Wildman–Crippen LogP) is 3.86. The third kappa shape index (κ3) is 3.12. The molecule has 0 spiro atoms. The monoisotopic (exact) mass is 369 g/mol. The second-order valence-electron chi connectivity index (χ2n) is 6.22. The summed E-state index contributed by atoms with van der Waals surface area (Å²) >= 11 is 0. The van der Waals surface area contributed by atoms with Crippen molar-refractivity contribution in [1.29, 1.82) is 5.26 Å². The Morgan fingerprint density at radius 3 is 2.48 bits per heavy atom. The van der Waals surface area contributed by atoms with Crippen LogP contribution in [0.3, 0.4) is 0 Å². The molecule has 0 bridgehead atoms. The van der Waals surface area contributed by atoms with E-state index in [0.29, 0.717) is 24.7 Å². The number of hydrogen-bond acceptors (Lipinski definition) is 4. The smallest absolute Gasteiger partial charge is 0.362 e. The Kier molecular flexibility index (Phi) is 4.07. The normalized spacial score (nSPS) is 13.9. The van der Waals surface area contributed by atoms with Crippen molar-refractivity contribution in [3.63, 3.8) is 0 Å². The molecule has 0 N–H and O–H groups in total. The molecule has 1 aromatic heterocycles. The highest BCUT2D eigenvalue weighted by atomic mass is 19.4. The minimum atomic E-state index is -4.54. The van der Waals surface area contributed by atoms with Gasteiger partial charge in [0.2, 0.25) is 0 Å². The largest absolute Gasteiger partial charge is 0.418 e. The van der Waals surface area contributed by atoms with Crippen LogP contribution in [-0.2, 0) is 19.3 Å². The Labute approximate surface area is 153 Å². The third-order valence-corrected chi connectivity index (χ3v) is 4.56. The summed E-state index contributed by atoms with van der Waals surface area (Å²) in [6, 6.07) is 15.0. The third-order valence-electron chi connectivity index (χ3n) is 4.56. The van der Waals surface area contributed by atoms with Crippen molar-refractivity contribution in [3.05, 3.63) is 65.5 Å². The van der Waals surface area contributed by atoms with Crippen LogP contribution in [0.5, 0.6) is 0 Å². The van der Waals surface area contributed by atoms with Gasteiger partial charge in [0.25, 0.3) is 0 Å². The molecule has 3 aromatic rings. The molecule has 0 unspecified atom stereocenters. The number of rotatable bonds is 2. The van der Waals surface area contributed by atoms with Gasteiger partial charge >= 0.3 is 6.18 Å². The van der Waals surface area contributed by atoms with Crippen molar-refractivity contribution >= 4 is 5.69 Å². The highest BCUT2D eigenvalue weighted by molar-refractivity contribution is 5.59. The van der Waals surface area contributed by atoms with Crippen LogP contribution in [0.15, 0.2) is 48.5 Å². The lowest BCUT2D eigenvalue weighted by Gasteiger charge is -2.31. The van der Waals surface area contributed by atoms with Gasteiger partial charge < -0.3 is 9.47 Å². The standard InChI is InChI=1S/C19H14F3N5/c20-19(21,22)15-10-13(11-23)6-7-16(15)26-8-9-27-17(12-26)24-25-18(27)14-4-2-1-3-5-14/h1-7,10H,8-9,12H2. The number of hydrogen-bond donors (Lipinski definition) is 0. The molecule has 1 aliphatic heterocycles. The van der Waals surface area contributed by atoms with Crippen LogP contribution in [0, 0.1) is 11.3 Å². The maximum atomic E-state index is 13.5. The lowest BCUT2D eigenvalue weighted by molar-refractivity contribution is -0.137. The summed E-state index contributed by atoms with van der Waals surface area (Å²) in [7, 11) is 0. The van der Waals surface area contributed by atoms with E-state index < -0.39 is 11.7 Å². The van der Waals surface area contributed by atoms with Gasteiger partial charge in [0.1, 0.15) is 0 Å². The average molecular weight is 369 g/mol. The second kappa shape index (κ2) is 6.43. The second-order valence-corrected chi connectivity index (χ2v) is 6.22. The van der Waals surface area contributed by atoms with Gasteiger partial charge in [0.05, 0.1) is 23.7 Å². The number of fused-ring (bicyclic) bond motifs is 1. The fourth-order valence-corrected chi connectivity index (χ4v) is 3.27. The van der Waals surface area contributed by atoms with E-state index in [1.54, 1.807) is 11.0 Å². The highest BCUT2D eigenvalue weighted by Crippen LogP contribution is 2.38. The first-order chi connectivity index (χ1) is 13.0. The van der Waals surface area contributed by atoms with Crippen molar-refractivity contribution in [2.45, 2.75) is 19.3 Å². The number of nitrogens with zero attached hydrogens (tertiary/aromatic N) is 5. The Hall–Kier alpha value is -3.34. The molecule has 0 saturated carbocycles. The molecular formula is C19H14F3N5. The van der Waals surface area contributed by atoms with E-state index in [1.165, 1.54) is 12.1 Å². The van der Waals surface area contributed by atoms with Gasteiger partial charge in [0.15, 0.2) is 11.6 Å². The van der Waals surface area contributed by atoms with Crippen LogP contribution >= 0.6 is 0 Å². The Balaban J connectivity index is 1.69. The molecule has 27 heavy (non-hydrogen) atoms. The molecule has 0 saturated heterocycles. The number of nitriles is 1. The summed E-state index contributed by atoms with van der Waals surface area (Å²) in [6.07, 6.45) is -4.54. The number of anilines is 1. The van der Waals surface area contributed by atoms with Gasteiger partial charge in [-0.1, -0.05) is 30.3 Å². The molecule has 0 radical (unpaired) electrons. The van der Waals surface area contributed by atoms with Crippen LogP contribution in [0.25, 0.3) is 11.4 Å². The van der Waals surface area contributed by atoms with E-state index in [-0.39, 0.29) is 17.8 Å². The summed E-state index contributed by atoms with van der Waals surface area (Å²) in [5, 5.41) is 17.3. The zero-order valence-electron chi connectivity index (χ0n) is 14.1. The van der Waals surface area contributed by atoms with Crippen LogP contribution in [0.1, 0.15) is 17.0 Å². The van der Waals surface area contributed by atoms with Gasteiger partial charge in [-0.3, -0.25) is 0 Å². The van der Waals surface area contributed by atoms with Gasteiger partial charge in [-0.25, -0.2) is 0 Å². The lowest BCUT2D eigenvalue weighted by atomic mass is 10.1. The van der Waals surface area contributed by atoms with Crippen LogP contribution < -0.4 is 4.90 Å².